The van der Waals surface area contributed by atoms with Crippen molar-refractivity contribution in [3.8, 4) is 0 Å². The van der Waals surface area contributed by atoms with Gasteiger partial charge < -0.3 is 15.5 Å². The van der Waals surface area contributed by atoms with Gasteiger partial charge in [-0.1, -0.05) is 67.3 Å². The molecular weight excluding hydrogens is 318 g/mol. The molecule has 0 radical (unpaired) electrons. The molecule has 2 N–H and O–H groups in total. The maximum absolute atomic E-state index is 3.85. The van der Waals surface area contributed by atoms with Gasteiger partial charge in [-0.05, 0) is 37.1 Å². The van der Waals surface area contributed by atoms with Crippen molar-refractivity contribution < 1.29 is 0 Å². The molecular formula is C23H33N3. The summed E-state index contributed by atoms with van der Waals surface area (Å²) in [7, 11) is 2.19. The van der Waals surface area contributed by atoms with E-state index in [2.05, 4.69) is 71.7 Å². The van der Waals surface area contributed by atoms with Crippen LogP contribution in [0.4, 0.5) is 0 Å². The predicted molar refractivity (Wildman–Crippen MR) is 113 cm³/mol. The van der Waals surface area contributed by atoms with Gasteiger partial charge in [-0.3, -0.25) is 0 Å². The first-order valence-electron chi connectivity index (χ1n) is 9.51. The molecule has 0 spiro atoms. The number of likely N-dealkylation sites (N-methyl/N-ethyl adjacent to an activating group) is 1. The van der Waals surface area contributed by atoms with Crippen LogP contribution in [0.5, 0.6) is 0 Å². The average Bonchev–Trinajstić information content (AvgIpc) is 2.66. The second-order valence-electron chi connectivity index (χ2n) is 6.85. The van der Waals surface area contributed by atoms with Crippen LogP contribution in [-0.2, 0) is 13.0 Å². The van der Waals surface area contributed by atoms with Crippen LogP contribution >= 0.6 is 0 Å². The second kappa shape index (κ2) is 11.6. The average molecular weight is 352 g/mol. The van der Waals surface area contributed by atoms with Crippen molar-refractivity contribution in [1.82, 2.24) is 15.5 Å². The van der Waals surface area contributed by atoms with Crippen molar-refractivity contribution in [3.05, 3.63) is 84.0 Å². The SMILES string of the molecule is C=C/C(=C\C=C/C)CNC/C=C/CN(C)CC1Cc2ccccc2CN1. The normalized spacial score (nSPS) is 18.0. The molecule has 0 fully saturated rings. The largest absolute Gasteiger partial charge is 0.309 e. The fraction of sp³-hybridized carbons (Fsp3) is 0.391. The molecule has 0 saturated carbocycles. The van der Waals surface area contributed by atoms with Crippen molar-refractivity contribution in [2.24, 2.45) is 0 Å². The highest BCUT2D eigenvalue weighted by molar-refractivity contribution is 5.30. The number of hydrogen-bond acceptors (Lipinski definition) is 3. The van der Waals surface area contributed by atoms with Crippen molar-refractivity contribution >= 4 is 0 Å². The molecule has 1 aromatic carbocycles. The van der Waals surface area contributed by atoms with Crippen LogP contribution in [0.2, 0.25) is 0 Å². The quantitative estimate of drug-likeness (QED) is 0.384. The van der Waals surface area contributed by atoms with Crippen LogP contribution in [-0.4, -0.2) is 44.2 Å². The van der Waals surface area contributed by atoms with E-state index < -0.39 is 0 Å². The van der Waals surface area contributed by atoms with E-state index in [4.69, 9.17) is 0 Å². The first kappa shape index (κ1) is 20.4. The lowest BCUT2D eigenvalue weighted by molar-refractivity contribution is 0.303. The third-order valence-corrected chi connectivity index (χ3v) is 4.64. The maximum Gasteiger partial charge on any atom is 0.0238 e. The molecule has 0 amide bonds. The van der Waals surface area contributed by atoms with Crippen molar-refractivity contribution in [2.45, 2.75) is 25.9 Å². The number of rotatable bonds is 10. The van der Waals surface area contributed by atoms with E-state index in [1.807, 2.05) is 25.2 Å². The van der Waals surface area contributed by atoms with E-state index in [9.17, 15) is 0 Å². The summed E-state index contributed by atoms with van der Waals surface area (Å²) in [4.78, 5) is 2.38. The first-order chi connectivity index (χ1) is 12.7. The summed E-state index contributed by atoms with van der Waals surface area (Å²) in [5.74, 6) is 0. The van der Waals surface area contributed by atoms with E-state index in [1.165, 1.54) is 16.7 Å². The highest BCUT2D eigenvalue weighted by Gasteiger charge is 2.18. The van der Waals surface area contributed by atoms with Gasteiger partial charge in [-0.25, -0.2) is 0 Å². The minimum Gasteiger partial charge on any atom is -0.309 e. The van der Waals surface area contributed by atoms with E-state index in [-0.39, 0.29) is 0 Å². The zero-order valence-corrected chi connectivity index (χ0v) is 16.2. The molecule has 1 aliphatic rings. The molecule has 0 aromatic heterocycles. The summed E-state index contributed by atoms with van der Waals surface area (Å²) in [6.07, 6.45) is 13.6. The molecule has 1 heterocycles. The van der Waals surface area contributed by atoms with Gasteiger partial charge >= 0.3 is 0 Å². The lowest BCUT2D eigenvalue weighted by atomic mass is 9.96. The Morgan fingerprint density at radius 1 is 1.31 bits per heavy atom. The highest BCUT2D eigenvalue weighted by atomic mass is 15.1. The minimum absolute atomic E-state index is 0.535. The standard InChI is InChI=1S/C23H33N3/c1-4-6-11-20(5-2)17-24-14-9-10-15-26(3)19-23-16-21-12-7-8-13-22(21)18-25-23/h4-13,23-25H,2,14-19H2,1,3H3/b6-4-,10-9+,20-11+. The monoisotopic (exact) mass is 351 g/mol. The van der Waals surface area contributed by atoms with Gasteiger partial charge in [0, 0.05) is 38.8 Å². The topological polar surface area (TPSA) is 27.3 Å². The van der Waals surface area contributed by atoms with Crippen LogP contribution in [0, 0.1) is 0 Å². The Morgan fingerprint density at radius 2 is 2.12 bits per heavy atom. The molecule has 1 aromatic rings. The molecule has 26 heavy (non-hydrogen) atoms. The summed E-state index contributed by atoms with van der Waals surface area (Å²) < 4.78 is 0. The van der Waals surface area contributed by atoms with Gasteiger partial charge in [-0.15, -0.1) is 0 Å². The molecule has 1 unspecified atom stereocenters. The first-order valence-corrected chi connectivity index (χ1v) is 9.51. The van der Waals surface area contributed by atoms with Crippen molar-refractivity contribution in [3.63, 3.8) is 0 Å². The smallest absolute Gasteiger partial charge is 0.0238 e. The van der Waals surface area contributed by atoms with E-state index >= 15 is 0 Å². The fourth-order valence-corrected chi connectivity index (χ4v) is 3.16. The van der Waals surface area contributed by atoms with Crippen molar-refractivity contribution in [1.29, 1.82) is 0 Å². The van der Waals surface area contributed by atoms with Gasteiger partial charge in [0.15, 0.2) is 0 Å². The summed E-state index contributed by atoms with van der Waals surface area (Å²) in [6, 6.07) is 9.29. The van der Waals surface area contributed by atoms with Crippen LogP contribution in [0.15, 0.2) is 72.9 Å². The summed E-state index contributed by atoms with van der Waals surface area (Å²) in [5, 5.41) is 7.07. The number of allylic oxidation sites excluding steroid dienone is 3. The summed E-state index contributed by atoms with van der Waals surface area (Å²) >= 11 is 0. The molecule has 2 rings (SSSR count). The van der Waals surface area contributed by atoms with Gasteiger partial charge in [0.2, 0.25) is 0 Å². The predicted octanol–water partition coefficient (Wildman–Crippen LogP) is 3.47. The maximum atomic E-state index is 3.85. The van der Waals surface area contributed by atoms with E-state index in [1.54, 1.807) is 0 Å². The molecule has 0 saturated heterocycles. The van der Waals surface area contributed by atoms with Gasteiger partial charge in [-0.2, -0.15) is 0 Å². The molecule has 3 nitrogen and oxygen atoms in total. The fourth-order valence-electron chi connectivity index (χ4n) is 3.16. The molecule has 1 aliphatic heterocycles. The number of nitrogens with one attached hydrogen (secondary N) is 2. The van der Waals surface area contributed by atoms with Gasteiger partial charge in [0.25, 0.3) is 0 Å². The van der Waals surface area contributed by atoms with Crippen molar-refractivity contribution in [2.75, 3.05) is 33.2 Å². The van der Waals surface area contributed by atoms with Crippen LogP contribution < -0.4 is 10.6 Å². The van der Waals surface area contributed by atoms with Crippen LogP contribution in [0.25, 0.3) is 0 Å². The Kier molecular flexibility index (Phi) is 9.11. The number of fused-ring (bicyclic) bond motifs is 1. The zero-order valence-electron chi connectivity index (χ0n) is 16.2. The van der Waals surface area contributed by atoms with Crippen LogP contribution in [0.3, 0.4) is 0 Å². The Hall–Kier alpha value is -1.94. The highest BCUT2D eigenvalue weighted by Crippen LogP contribution is 2.16. The van der Waals surface area contributed by atoms with E-state index in [0.29, 0.717) is 6.04 Å². The number of benzene rings is 1. The number of hydrogen-bond donors (Lipinski definition) is 2. The lowest BCUT2D eigenvalue weighted by Gasteiger charge is -2.29. The molecule has 0 bridgehead atoms. The van der Waals surface area contributed by atoms with Gasteiger partial charge in [0.05, 0.1) is 0 Å². The summed E-state index contributed by atoms with van der Waals surface area (Å²) in [6.45, 7) is 10.6. The van der Waals surface area contributed by atoms with Crippen LogP contribution in [0.1, 0.15) is 18.1 Å². The van der Waals surface area contributed by atoms with E-state index in [0.717, 1.165) is 39.1 Å². The Bertz CT molecular complexity index is 643. The molecule has 140 valence electrons. The Balaban J connectivity index is 1.64. The second-order valence-corrected chi connectivity index (χ2v) is 6.85. The molecule has 3 heteroatoms. The third-order valence-electron chi connectivity index (χ3n) is 4.64. The third kappa shape index (κ3) is 7.12. The lowest BCUT2D eigenvalue weighted by Crippen LogP contribution is -2.43. The molecule has 0 aliphatic carbocycles. The van der Waals surface area contributed by atoms with Gasteiger partial charge in [0.1, 0.15) is 0 Å². The zero-order chi connectivity index (χ0) is 18.6. The Morgan fingerprint density at radius 3 is 2.88 bits per heavy atom. The number of nitrogens with zero attached hydrogens (tertiary/aromatic N) is 1. The summed E-state index contributed by atoms with van der Waals surface area (Å²) in [5.41, 5.74) is 4.14. The minimum atomic E-state index is 0.535. The Labute approximate surface area is 159 Å². The molecule has 1 atom stereocenters.